The van der Waals surface area contributed by atoms with E-state index in [1.165, 1.54) is 24.5 Å². The van der Waals surface area contributed by atoms with Gasteiger partial charge in [0.25, 0.3) is 0 Å². The van der Waals surface area contributed by atoms with Crippen LogP contribution in [0.5, 0.6) is 0 Å². The molecule has 100 valence electrons. The maximum absolute atomic E-state index is 13.2. The van der Waals surface area contributed by atoms with Crippen molar-refractivity contribution in [3.05, 3.63) is 30.3 Å². The van der Waals surface area contributed by atoms with E-state index in [1.54, 1.807) is 0 Å². The molecule has 1 aromatic heterocycles. The van der Waals surface area contributed by atoms with E-state index in [0.717, 1.165) is 0 Å². The van der Waals surface area contributed by atoms with Crippen molar-refractivity contribution >= 4 is 16.7 Å². The van der Waals surface area contributed by atoms with Crippen LogP contribution in [0.3, 0.4) is 0 Å². The Morgan fingerprint density at radius 1 is 1.21 bits per heavy atom. The summed E-state index contributed by atoms with van der Waals surface area (Å²) >= 11 is 0. The van der Waals surface area contributed by atoms with Crippen LogP contribution in [-0.2, 0) is 0 Å². The molecule has 3 rings (SSSR count). The van der Waals surface area contributed by atoms with E-state index in [4.69, 9.17) is 0 Å². The van der Waals surface area contributed by atoms with Crippen LogP contribution < -0.4 is 5.32 Å². The van der Waals surface area contributed by atoms with E-state index in [0.29, 0.717) is 10.9 Å². The first-order valence-corrected chi connectivity index (χ1v) is 5.68. The van der Waals surface area contributed by atoms with Crippen molar-refractivity contribution in [1.82, 2.24) is 9.97 Å². The predicted molar refractivity (Wildman–Crippen MR) is 61.1 cm³/mol. The molecule has 1 aliphatic rings. The summed E-state index contributed by atoms with van der Waals surface area (Å²) in [5, 5.41) is 3.09. The van der Waals surface area contributed by atoms with Gasteiger partial charge in [-0.05, 0) is 24.6 Å². The molecule has 1 N–H and O–H groups in total. The topological polar surface area (TPSA) is 37.8 Å². The lowest BCUT2D eigenvalue weighted by Crippen LogP contribution is -2.18. The Balaban J connectivity index is 1.88. The second-order valence-corrected chi connectivity index (χ2v) is 4.52. The number of hydrogen-bond acceptors (Lipinski definition) is 3. The molecular weight excluding hydrogens is 262 g/mol. The Morgan fingerprint density at radius 2 is 2.00 bits per heavy atom. The fourth-order valence-electron chi connectivity index (χ4n) is 2.04. The lowest BCUT2D eigenvalue weighted by Gasteiger charge is -2.09. The largest absolute Gasteiger partial charge is 0.393 e. The number of anilines is 1. The number of nitrogens with one attached hydrogen (secondary N) is 1. The lowest BCUT2D eigenvalue weighted by molar-refractivity contribution is -0.147. The Hall–Kier alpha value is -1.92. The molecule has 0 aliphatic heterocycles. The molecule has 1 fully saturated rings. The van der Waals surface area contributed by atoms with Crippen LogP contribution in [0.25, 0.3) is 10.9 Å². The van der Waals surface area contributed by atoms with Gasteiger partial charge in [-0.15, -0.1) is 0 Å². The van der Waals surface area contributed by atoms with Gasteiger partial charge in [0.2, 0.25) is 0 Å². The summed E-state index contributed by atoms with van der Waals surface area (Å²) in [6, 6.07) is 3.23. The Bertz CT molecular complexity index is 626. The zero-order valence-corrected chi connectivity index (χ0v) is 9.58. The molecule has 1 heterocycles. The molecule has 3 nitrogen and oxygen atoms in total. The minimum atomic E-state index is -4.20. The van der Waals surface area contributed by atoms with Crippen molar-refractivity contribution in [1.29, 1.82) is 0 Å². The second kappa shape index (κ2) is 4.04. The monoisotopic (exact) mass is 271 g/mol. The minimum Gasteiger partial charge on any atom is -0.366 e. The number of hydrogen-bond donors (Lipinski definition) is 1. The molecule has 1 aliphatic carbocycles. The van der Waals surface area contributed by atoms with Gasteiger partial charge in [0.1, 0.15) is 18.0 Å². The first-order valence-electron chi connectivity index (χ1n) is 5.68. The number of fused-ring (bicyclic) bond motifs is 1. The van der Waals surface area contributed by atoms with Crippen LogP contribution in [0.15, 0.2) is 24.5 Å². The van der Waals surface area contributed by atoms with Gasteiger partial charge >= 0.3 is 6.18 Å². The van der Waals surface area contributed by atoms with Gasteiger partial charge in [0, 0.05) is 11.4 Å². The summed E-state index contributed by atoms with van der Waals surface area (Å²) in [5.41, 5.74) is 0.489. The van der Waals surface area contributed by atoms with E-state index in [1.807, 2.05) is 0 Å². The number of nitrogens with zero attached hydrogens (tertiary/aromatic N) is 2. The van der Waals surface area contributed by atoms with Gasteiger partial charge in [0.15, 0.2) is 0 Å². The minimum absolute atomic E-state index is 0.0182. The highest BCUT2D eigenvalue weighted by atomic mass is 19.4. The first kappa shape index (κ1) is 12.1. The van der Waals surface area contributed by atoms with Gasteiger partial charge in [-0.1, -0.05) is 0 Å². The van der Waals surface area contributed by atoms with Crippen molar-refractivity contribution < 1.29 is 17.6 Å². The first-order chi connectivity index (χ1) is 8.95. The third kappa shape index (κ3) is 2.32. The predicted octanol–water partition coefficient (Wildman–Crippen LogP) is 3.13. The van der Waals surface area contributed by atoms with Gasteiger partial charge in [-0.25, -0.2) is 14.4 Å². The van der Waals surface area contributed by atoms with Crippen LogP contribution in [0.1, 0.15) is 6.42 Å². The molecule has 0 spiro atoms. The number of alkyl halides is 3. The Morgan fingerprint density at radius 3 is 2.68 bits per heavy atom. The van der Waals surface area contributed by atoms with E-state index in [9.17, 15) is 17.6 Å². The lowest BCUT2D eigenvalue weighted by atomic mass is 10.2. The second-order valence-electron chi connectivity index (χ2n) is 4.52. The average molecular weight is 271 g/mol. The van der Waals surface area contributed by atoms with Crippen molar-refractivity contribution in [3.8, 4) is 0 Å². The zero-order valence-electron chi connectivity index (χ0n) is 9.58. The fraction of sp³-hybridized carbons (Fsp3) is 0.333. The summed E-state index contributed by atoms with van der Waals surface area (Å²) in [6.45, 7) is 0. The average Bonchev–Trinajstić information content (AvgIpc) is 3.09. The van der Waals surface area contributed by atoms with Gasteiger partial charge < -0.3 is 5.32 Å². The van der Waals surface area contributed by atoms with E-state index >= 15 is 0 Å². The van der Waals surface area contributed by atoms with Crippen molar-refractivity contribution in [2.45, 2.75) is 18.6 Å². The Kier molecular flexibility index (Phi) is 2.58. The van der Waals surface area contributed by atoms with Crippen molar-refractivity contribution in [2.24, 2.45) is 5.92 Å². The molecule has 19 heavy (non-hydrogen) atoms. The smallest absolute Gasteiger partial charge is 0.366 e. The molecule has 0 amide bonds. The third-order valence-electron chi connectivity index (χ3n) is 3.13. The quantitative estimate of drug-likeness (QED) is 0.853. The van der Waals surface area contributed by atoms with Gasteiger partial charge in [-0.2, -0.15) is 13.2 Å². The van der Waals surface area contributed by atoms with E-state index in [2.05, 4.69) is 15.3 Å². The van der Waals surface area contributed by atoms with Crippen molar-refractivity contribution in [3.63, 3.8) is 0 Å². The molecule has 0 unspecified atom stereocenters. The highest BCUT2D eigenvalue weighted by molar-refractivity contribution is 5.88. The molecule has 2 aromatic rings. The summed E-state index contributed by atoms with van der Waals surface area (Å²) in [7, 11) is 0. The molecule has 0 saturated heterocycles. The van der Waals surface area contributed by atoms with Crippen LogP contribution in [-0.4, -0.2) is 22.2 Å². The maximum Gasteiger partial charge on any atom is 0.393 e. The highest BCUT2D eigenvalue weighted by Gasteiger charge is 2.56. The zero-order chi connectivity index (χ0) is 13.6. The summed E-state index contributed by atoms with van der Waals surface area (Å²) in [4.78, 5) is 7.83. The van der Waals surface area contributed by atoms with E-state index in [-0.39, 0.29) is 12.2 Å². The summed E-state index contributed by atoms with van der Waals surface area (Å²) < 4.78 is 50.5. The fourth-order valence-corrected chi connectivity index (χ4v) is 2.04. The number of aromatic nitrogens is 2. The molecule has 0 radical (unpaired) electrons. The maximum atomic E-state index is 13.2. The number of benzene rings is 1. The van der Waals surface area contributed by atoms with Crippen LogP contribution in [0.4, 0.5) is 23.4 Å². The normalized spacial score (nSPS) is 22.5. The van der Waals surface area contributed by atoms with Crippen LogP contribution >= 0.6 is 0 Å². The molecule has 1 aromatic carbocycles. The molecular formula is C12H9F4N3. The highest BCUT2D eigenvalue weighted by Crippen LogP contribution is 2.46. The number of halogens is 4. The molecule has 2 atom stereocenters. The standard InChI is InChI=1S/C12H9F4N3/c13-6-1-2-9-7(3-6)11(18-5-17-9)19-10-4-8(10)12(14,15)16/h1-3,5,8,10H,4H2,(H,17,18,19)/t8-,10-/m1/s1. The summed E-state index contributed by atoms with van der Waals surface area (Å²) in [5.74, 6) is -1.60. The van der Waals surface area contributed by atoms with E-state index < -0.39 is 24.0 Å². The Labute approximate surface area is 105 Å². The van der Waals surface area contributed by atoms with Gasteiger partial charge in [-0.3, -0.25) is 0 Å². The van der Waals surface area contributed by atoms with Crippen molar-refractivity contribution in [2.75, 3.05) is 5.32 Å². The molecule has 1 saturated carbocycles. The van der Waals surface area contributed by atoms with Gasteiger partial charge in [0.05, 0.1) is 11.4 Å². The van der Waals surface area contributed by atoms with Crippen LogP contribution in [0, 0.1) is 11.7 Å². The number of rotatable bonds is 2. The summed E-state index contributed by atoms with van der Waals surface area (Å²) in [6.07, 6.45) is -2.94. The SMILES string of the molecule is Fc1ccc2ncnc(N[C@@H]3C[C@H]3C(F)(F)F)c2c1. The third-order valence-corrected chi connectivity index (χ3v) is 3.13. The molecule has 7 heteroatoms. The molecule has 0 bridgehead atoms. The van der Waals surface area contributed by atoms with Crippen LogP contribution in [0.2, 0.25) is 0 Å².